The lowest BCUT2D eigenvalue weighted by Crippen LogP contribution is -2.50. The number of nitrogens with zero attached hydrogens (tertiary/aromatic N) is 2. The number of methoxy groups -OCH3 is 1. The van der Waals surface area contributed by atoms with E-state index in [4.69, 9.17) is 4.74 Å². The highest BCUT2D eigenvalue weighted by atomic mass is 32.2. The van der Waals surface area contributed by atoms with Gasteiger partial charge >= 0.3 is 5.97 Å². The molecule has 158 valence electrons. The number of aliphatic carboxylic acids is 1. The van der Waals surface area contributed by atoms with Crippen LogP contribution in [0.25, 0.3) is 10.9 Å². The third kappa shape index (κ3) is 3.67. The predicted octanol–water partition coefficient (Wildman–Crippen LogP) is 2.31. The minimum atomic E-state index is -3.59. The molecule has 3 aromatic rings. The summed E-state index contributed by atoms with van der Waals surface area (Å²) >= 11 is 0. The number of hydrogen-bond donors (Lipinski definition) is 2. The molecule has 1 fully saturated rings. The number of fused-ring (bicyclic) bond motifs is 1. The number of benzene rings is 2. The molecule has 0 spiro atoms. The molecule has 1 aliphatic rings. The summed E-state index contributed by atoms with van der Waals surface area (Å²) in [6.07, 6.45) is 1.70. The Kier molecular flexibility index (Phi) is 5.50. The van der Waals surface area contributed by atoms with Gasteiger partial charge in [-0.2, -0.15) is 4.31 Å². The van der Waals surface area contributed by atoms with Crippen LogP contribution in [-0.4, -0.2) is 67.0 Å². The molecule has 9 heteroatoms. The number of aromatic amines is 1. The first-order valence-corrected chi connectivity index (χ1v) is 11.0. The first-order valence-electron chi connectivity index (χ1n) is 9.59. The topological polar surface area (TPSA) is 103 Å². The van der Waals surface area contributed by atoms with Crippen LogP contribution in [0.1, 0.15) is 11.6 Å². The van der Waals surface area contributed by atoms with E-state index in [-0.39, 0.29) is 18.0 Å². The molecule has 1 aliphatic heterocycles. The van der Waals surface area contributed by atoms with Crippen molar-refractivity contribution in [3.8, 4) is 5.75 Å². The molecule has 1 saturated heterocycles. The maximum absolute atomic E-state index is 12.8. The van der Waals surface area contributed by atoms with Crippen molar-refractivity contribution in [3.63, 3.8) is 0 Å². The molecular weight excluding hydrogens is 406 g/mol. The van der Waals surface area contributed by atoms with Gasteiger partial charge in [-0.05, 0) is 30.3 Å². The number of sulfonamides is 1. The Morgan fingerprint density at radius 1 is 1.10 bits per heavy atom. The Hall–Kier alpha value is -2.88. The number of rotatable bonds is 6. The average molecular weight is 429 g/mol. The number of ether oxygens (including phenoxy) is 1. The molecule has 8 nitrogen and oxygen atoms in total. The zero-order valence-electron chi connectivity index (χ0n) is 16.5. The SMILES string of the molecule is COc1ccc2[nH]cc([C@H](C(=O)O)N3CCN(S(=O)(=O)c4ccccc4)CC3)c2c1. The largest absolute Gasteiger partial charge is 0.497 e. The van der Waals surface area contributed by atoms with Crippen LogP contribution in [0.3, 0.4) is 0 Å². The second-order valence-corrected chi connectivity index (χ2v) is 9.09. The highest BCUT2D eigenvalue weighted by Gasteiger charge is 2.35. The Balaban J connectivity index is 1.57. The number of carboxylic acids is 1. The fraction of sp³-hybridized carbons (Fsp3) is 0.286. The summed E-state index contributed by atoms with van der Waals surface area (Å²) in [6.45, 7) is 1.10. The summed E-state index contributed by atoms with van der Waals surface area (Å²) in [6, 6.07) is 12.9. The summed E-state index contributed by atoms with van der Waals surface area (Å²) in [5.41, 5.74) is 1.46. The van der Waals surface area contributed by atoms with E-state index in [9.17, 15) is 18.3 Å². The molecule has 2 N–H and O–H groups in total. The minimum Gasteiger partial charge on any atom is -0.497 e. The van der Waals surface area contributed by atoms with Crippen molar-refractivity contribution in [1.29, 1.82) is 0 Å². The maximum atomic E-state index is 12.8. The van der Waals surface area contributed by atoms with Crippen LogP contribution in [0.2, 0.25) is 0 Å². The third-order valence-electron chi connectivity index (χ3n) is 5.47. The molecule has 0 aliphatic carbocycles. The molecule has 0 saturated carbocycles. The number of nitrogens with one attached hydrogen (secondary N) is 1. The molecule has 0 bridgehead atoms. The van der Waals surface area contributed by atoms with Crippen molar-refractivity contribution in [3.05, 3.63) is 60.3 Å². The van der Waals surface area contributed by atoms with Crippen molar-refractivity contribution in [2.24, 2.45) is 0 Å². The van der Waals surface area contributed by atoms with E-state index in [0.29, 0.717) is 24.4 Å². The van der Waals surface area contributed by atoms with Gasteiger partial charge in [0.1, 0.15) is 11.8 Å². The molecule has 30 heavy (non-hydrogen) atoms. The van der Waals surface area contributed by atoms with Gasteiger partial charge in [0.15, 0.2) is 0 Å². The van der Waals surface area contributed by atoms with E-state index in [2.05, 4.69) is 4.98 Å². The van der Waals surface area contributed by atoms with Crippen molar-refractivity contribution in [2.75, 3.05) is 33.3 Å². The van der Waals surface area contributed by atoms with E-state index >= 15 is 0 Å². The summed E-state index contributed by atoms with van der Waals surface area (Å²) < 4.78 is 32.4. The Labute approximate surface area is 174 Å². The predicted molar refractivity (Wildman–Crippen MR) is 112 cm³/mol. The monoisotopic (exact) mass is 429 g/mol. The van der Waals surface area contributed by atoms with E-state index in [1.54, 1.807) is 48.5 Å². The highest BCUT2D eigenvalue weighted by Crippen LogP contribution is 2.32. The van der Waals surface area contributed by atoms with Crippen LogP contribution in [0.5, 0.6) is 5.75 Å². The van der Waals surface area contributed by atoms with Gasteiger partial charge in [0.05, 0.1) is 12.0 Å². The highest BCUT2D eigenvalue weighted by molar-refractivity contribution is 7.89. The second-order valence-electron chi connectivity index (χ2n) is 7.15. The molecule has 2 aromatic carbocycles. The molecule has 1 aromatic heterocycles. The van der Waals surface area contributed by atoms with Gasteiger partial charge in [0.25, 0.3) is 0 Å². The number of piperazine rings is 1. The van der Waals surface area contributed by atoms with Gasteiger partial charge in [0.2, 0.25) is 10.0 Å². The van der Waals surface area contributed by atoms with Crippen LogP contribution < -0.4 is 4.74 Å². The lowest BCUT2D eigenvalue weighted by atomic mass is 10.0. The molecular formula is C21H23N3O5S. The normalized spacial score (nSPS) is 17.1. The van der Waals surface area contributed by atoms with E-state index in [0.717, 1.165) is 10.9 Å². The van der Waals surface area contributed by atoms with Gasteiger partial charge in [-0.1, -0.05) is 18.2 Å². The van der Waals surface area contributed by atoms with Gasteiger partial charge in [-0.25, -0.2) is 8.42 Å². The fourth-order valence-corrected chi connectivity index (χ4v) is 5.35. The first-order chi connectivity index (χ1) is 14.4. The van der Waals surface area contributed by atoms with Crippen molar-refractivity contribution >= 4 is 26.9 Å². The maximum Gasteiger partial charge on any atom is 0.325 e. The van der Waals surface area contributed by atoms with Crippen LogP contribution in [0.4, 0.5) is 0 Å². The molecule has 4 rings (SSSR count). The number of hydrogen-bond acceptors (Lipinski definition) is 5. The number of carbonyl (C=O) groups is 1. The van der Waals surface area contributed by atoms with Gasteiger partial charge in [-0.3, -0.25) is 9.69 Å². The number of aromatic nitrogens is 1. The quantitative estimate of drug-likeness (QED) is 0.623. The van der Waals surface area contributed by atoms with Crippen molar-refractivity contribution in [2.45, 2.75) is 10.9 Å². The molecule has 0 amide bonds. The third-order valence-corrected chi connectivity index (χ3v) is 7.38. The number of H-pyrrole nitrogens is 1. The zero-order chi connectivity index (χ0) is 21.3. The number of carboxylic acid groups (broad SMARTS) is 1. The standard InChI is InChI=1S/C21H23N3O5S/c1-29-15-7-8-19-17(13-15)18(14-22-19)20(21(25)26)23-9-11-24(12-10-23)30(27,28)16-5-3-2-4-6-16/h2-8,13-14,20,22H,9-12H2,1H3,(H,25,26)/t20-/m1/s1. The van der Waals surface area contributed by atoms with Crippen LogP contribution >= 0.6 is 0 Å². The zero-order valence-corrected chi connectivity index (χ0v) is 17.3. The first kappa shape index (κ1) is 20.4. The second kappa shape index (κ2) is 8.10. The van der Waals surface area contributed by atoms with Crippen LogP contribution in [-0.2, 0) is 14.8 Å². The van der Waals surface area contributed by atoms with E-state index < -0.39 is 22.0 Å². The van der Waals surface area contributed by atoms with Gasteiger partial charge in [0, 0.05) is 48.8 Å². The van der Waals surface area contributed by atoms with E-state index in [1.807, 2.05) is 18.2 Å². The summed E-state index contributed by atoms with van der Waals surface area (Å²) in [7, 11) is -2.03. The van der Waals surface area contributed by atoms with Gasteiger partial charge in [-0.15, -0.1) is 0 Å². The smallest absolute Gasteiger partial charge is 0.325 e. The molecule has 0 unspecified atom stereocenters. The molecule has 2 heterocycles. The minimum absolute atomic E-state index is 0.229. The molecule has 1 atom stereocenters. The van der Waals surface area contributed by atoms with Crippen molar-refractivity contribution in [1.82, 2.24) is 14.2 Å². The van der Waals surface area contributed by atoms with Gasteiger partial charge < -0.3 is 14.8 Å². The Bertz CT molecular complexity index is 1150. The summed E-state index contributed by atoms with van der Waals surface area (Å²) in [5, 5.41) is 10.7. The Morgan fingerprint density at radius 3 is 2.43 bits per heavy atom. The fourth-order valence-electron chi connectivity index (χ4n) is 3.90. The lowest BCUT2D eigenvalue weighted by molar-refractivity contribution is -0.144. The Morgan fingerprint density at radius 2 is 1.80 bits per heavy atom. The van der Waals surface area contributed by atoms with Crippen molar-refractivity contribution < 1.29 is 23.1 Å². The lowest BCUT2D eigenvalue weighted by Gasteiger charge is -2.37. The van der Waals surface area contributed by atoms with E-state index in [1.165, 1.54) is 4.31 Å². The summed E-state index contributed by atoms with van der Waals surface area (Å²) in [5.74, 6) is -0.329. The average Bonchev–Trinajstić information content (AvgIpc) is 3.17. The van der Waals surface area contributed by atoms with Crippen LogP contribution in [0, 0.1) is 0 Å². The summed E-state index contributed by atoms with van der Waals surface area (Å²) in [4.78, 5) is 17.3. The molecule has 0 radical (unpaired) electrons. The van der Waals surface area contributed by atoms with Crippen LogP contribution in [0.15, 0.2) is 59.6 Å².